The van der Waals surface area contributed by atoms with Gasteiger partial charge in [-0.3, -0.25) is 4.79 Å². The monoisotopic (exact) mass is 374 g/mol. The van der Waals surface area contributed by atoms with Crippen molar-refractivity contribution in [1.29, 1.82) is 0 Å². The van der Waals surface area contributed by atoms with Gasteiger partial charge >= 0.3 is 0 Å². The van der Waals surface area contributed by atoms with Crippen LogP contribution in [0, 0.1) is 0 Å². The van der Waals surface area contributed by atoms with Crippen LogP contribution in [-0.2, 0) is 11.3 Å². The Morgan fingerprint density at radius 2 is 2.07 bits per heavy atom. The highest BCUT2D eigenvalue weighted by molar-refractivity contribution is 5.95. The summed E-state index contributed by atoms with van der Waals surface area (Å²) in [6.07, 6.45) is 0. The normalized spacial score (nSPS) is 14.5. The zero-order chi connectivity index (χ0) is 19.4. The van der Waals surface area contributed by atoms with Crippen LogP contribution in [0.2, 0.25) is 0 Å². The van der Waals surface area contributed by atoms with Gasteiger partial charge in [0, 0.05) is 31.6 Å². The molecule has 0 spiro atoms. The molecule has 8 nitrogen and oxygen atoms in total. The maximum absolute atomic E-state index is 12.9. The van der Waals surface area contributed by atoms with Crippen molar-refractivity contribution in [2.75, 3.05) is 45.4 Å². The number of morpholine rings is 1. The molecular formula is C19H26N4O4. The van der Waals surface area contributed by atoms with E-state index < -0.39 is 0 Å². The smallest absolute Gasteiger partial charge is 0.254 e. The summed E-state index contributed by atoms with van der Waals surface area (Å²) in [6.45, 7) is 7.12. The van der Waals surface area contributed by atoms with E-state index in [0.717, 1.165) is 24.5 Å². The van der Waals surface area contributed by atoms with Crippen molar-refractivity contribution in [3.05, 3.63) is 35.5 Å². The third-order valence-electron chi connectivity index (χ3n) is 4.48. The summed E-state index contributed by atoms with van der Waals surface area (Å²) in [7, 11) is 3.36. The average Bonchev–Trinajstić information content (AvgIpc) is 3.16. The Labute approximate surface area is 159 Å². The van der Waals surface area contributed by atoms with E-state index in [9.17, 15) is 4.79 Å². The summed E-state index contributed by atoms with van der Waals surface area (Å²) in [4.78, 5) is 21.0. The van der Waals surface area contributed by atoms with Crippen molar-refractivity contribution in [2.24, 2.45) is 0 Å². The molecule has 146 valence electrons. The number of carbonyl (C=O) groups excluding carboxylic acids is 1. The van der Waals surface area contributed by atoms with Gasteiger partial charge < -0.3 is 23.8 Å². The van der Waals surface area contributed by atoms with Crippen molar-refractivity contribution in [2.45, 2.75) is 26.3 Å². The highest BCUT2D eigenvalue weighted by Crippen LogP contribution is 2.30. The number of methoxy groups -OCH3 is 1. The molecule has 1 amide bonds. The largest absolute Gasteiger partial charge is 0.495 e. The van der Waals surface area contributed by atoms with E-state index in [0.29, 0.717) is 30.5 Å². The summed E-state index contributed by atoms with van der Waals surface area (Å²) in [6, 6.07) is 5.48. The van der Waals surface area contributed by atoms with Crippen LogP contribution in [0.1, 0.15) is 41.8 Å². The van der Waals surface area contributed by atoms with Gasteiger partial charge in [-0.15, -0.1) is 0 Å². The van der Waals surface area contributed by atoms with Gasteiger partial charge in [0.25, 0.3) is 5.91 Å². The number of aromatic nitrogens is 2. The molecule has 0 unspecified atom stereocenters. The molecule has 0 saturated carbocycles. The molecule has 1 aliphatic rings. The summed E-state index contributed by atoms with van der Waals surface area (Å²) in [5, 5.41) is 3.95. The van der Waals surface area contributed by atoms with E-state index in [2.05, 4.69) is 15.0 Å². The molecule has 0 aliphatic carbocycles. The van der Waals surface area contributed by atoms with Gasteiger partial charge in [0.1, 0.15) is 5.75 Å². The summed E-state index contributed by atoms with van der Waals surface area (Å²) < 4.78 is 16.1. The molecule has 0 bridgehead atoms. The lowest BCUT2D eigenvalue weighted by molar-refractivity contribution is 0.0780. The molecule has 3 rings (SSSR count). The van der Waals surface area contributed by atoms with Gasteiger partial charge in [-0.1, -0.05) is 19.0 Å². The van der Waals surface area contributed by atoms with E-state index in [4.69, 9.17) is 14.0 Å². The topological polar surface area (TPSA) is 80.9 Å². The van der Waals surface area contributed by atoms with Crippen LogP contribution in [0.5, 0.6) is 5.75 Å². The lowest BCUT2D eigenvalue weighted by Gasteiger charge is -2.30. The predicted octanol–water partition coefficient (Wildman–Crippen LogP) is 2.31. The van der Waals surface area contributed by atoms with Crippen molar-refractivity contribution in [3.8, 4) is 5.75 Å². The number of anilines is 1. The lowest BCUT2D eigenvalue weighted by atomic mass is 10.1. The van der Waals surface area contributed by atoms with Crippen molar-refractivity contribution in [1.82, 2.24) is 15.0 Å². The summed E-state index contributed by atoms with van der Waals surface area (Å²) >= 11 is 0. The average molecular weight is 374 g/mol. The molecule has 1 aromatic carbocycles. The van der Waals surface area contributed by atoms with Gasteiger partial charge in [-0.25, -0.2) is 0 Å². The summed E-state index contributed by atoms with van der Waals surface area (Å²) in [5.74, 6) is 1.87. The number of amides is 1. The van der Waals surface area contributed by atoms with E-state index in [1.807, 2.05) is 26.0 Å². The minimum Gasteiger partial charge on any atom is -0.495 e. The Bertz CT molecular complexity index is 784. The third kappa shape index (κ3) is 4.39. The van der Waals surface area contributed by atoms with Gasteiger partial charge in [0.2, 0.25) is 5.89 Å². The maximum atomic E-state index is 12.9. The third-order valence-corrected chi connectivity index (χ3v) is 4.48. The Balaban J connectivity index is 1.76. The molecule has 1 aromatic heterocycles. The van der Waals surface area contributed by atoms with Crippen molar-refractivity contribution >= 4 is 11.6 Å². The zero-order valence-electron chi connectivity index (χ0n) is 16.3. The van der Waals surface area contributed by atoms with Crippen LogP contribution in [0.25, 0.3) is 0 Å². The Hall–Kier alpha value is -2.61. The standard InChI is InChI=1S/C19H26N4O4/c1-13(2)18-20-17(21-27-18)12-22(3)19(24)14-5-6-16(25-4)15(11-14)23-7-9-26-10-8-23/h5-6,11,13H,7-10,12H2,1-4H3. The molecule has 2 heterocycles. The molecule has 0 N–H and O–H groups in total. The second kappa shape index (κ2) is 8.39. The van der Waals surface area contributed by atoms with Crippen LogP contribution in [0.15, 0.2) is 22.7 Å². The minimum atomic E-state index is -0.108. The zero-order valence-corrected chi connectivity index (χ0v) is 16.3. The fourth-order valence-electron chi connectivity index (χ4n) is 2.94. The molecule has 1 saturated heterocycles. The fraction of sp³-hybridized carbons (Fsp3) is 0.526. The van der Waals surface area contributed by atoms with Crippen molar-refractivity contribution < 1.29 is 18.8 Å². The Morgan fingerprint density at radius 3 is 2.70 bits per heavy atom. The quantitative estimate of drug-likeness (QED) is 0.767. The van der Waals surface area contributed by atoms with Crippen molar-refractivity contribution in [3.63, 3.8) is 0 Å². The Morgan fingerprint density at radius 1 is 1.33 bits per heavy atom. The molecule has 8 heteroatoms. The number of nitrogens with zero attached hydrogens (tertiary/aromatic N) is 4. The van der Waals surface area contributed by atoms with Gasteiger partial charge in [0.15, 0.2) is 5.82 Å². The van der Waals surface area contributed by atoms with Crippen LogP contribution >= 0.6 is 0 Å². The van der Waals surface area contributed by atoms with E-state index >= 15 is 0 Å². The van der Waals surface area contributed by atoms with Gasteiger partial charge in [0.05, 0.1) is 32.6 Å². The molecule has 1 fully saturated rings. The predicted molar refractivity (Wildman–Crippen MR) is 100 cm³/mol. The first kappa shape index (κ1) is 19.2. The van der Waals surface area contributed by atoms with Gasteiger partial charge in [-0.05, 0) is 18.2 Å². The van der Waals surface area contributed by atoms with Crippen LogP contribution in [0.4, 0.5) is 5.69 Å². The van der Waals surface area contributed by atoms with E-state index in [-0.39, 0.29) is 18.4 Å². The van der Waals surface area contributed by atoms with E-state index in [1.165, 1.54) is 0 Å². The van der Waals surface area contributed by atoms with Gasteiger partial charge in [-0.2, -0.15) is 4.98 Å². The molecule has 0 radical (unpaired) electrons. The molecule has 27 heavy (non-hydrogen) atoms. The van der Waals surface area contributed by atoms with Crippen LogP contribution in [-0.4, -0.2) is 61.4 Å². The lowest BCUT2D eigenvalue weighted by Crippen LogP contribution is -2.36. The molecular weight excluding hydrogens is 348 g/mol. The first-order chi connectivity index (χ1) is 13.0. The first-order valence-corrected chi connectivity index (χ1v) is 9.08. The highest BCUT2D eigenvalue weighted by atomic mass is 16.5. The fourth-order valence-corrected chi connectivity index (χ4v) is 2.94. The minimum absolute atomic E-state index is 0.108. The first-order valence-electron chi connectivity index (χ1n) is 9.08. The molecule has 0 atom stereocenters. The van der Waals surface area contributed by atoms with E-state index in [1.54, 1.807) is 25.1 Å². The number of rotatable bonds is 6. The number of hydrogen-bond donors (Lipinski definition) is 0. The number of carbonyl (C=O) groups is 1. The second-order valence-electron chi connectivity index (χ2n) is 6.85. The second-order valence-corrected chi connectivity index (χ2v) is 6.85. The van der Waals surface area contributed by atoms with Crippen LogP contribution < -0.4 is 9.64 Å². The Kier molecular flexibility index (Phi) is 5.95. The number of hydrogen-bond acceptors (Lipinski definition) is 7. The van der Waals surface area contributed by atoms with Crippen LogP contribution in [0.3, 0.4) is 0 Å². The molecule has 2 aromatic rings. The summed E-state index contributed by atoms with van der Waals surface area (Å²) in [5.41, 5.74) is 1.49. The number of ether oxygens (including phenoxy) is 2. The molecule has 1 aliphatic heterocycles. The SMILES string of the molecule is COc1ccc(C(=O)N(C)Cc2noc(C(C)C)n2)cc1N1CCOCC1. The number of benzene rings is 1. The maximum Gasteiger partial charge on any atom is 0.254 e. The highest BCUT2D eigenvalue weighted by Gasteiger charge is 2.21.